The summed E-state index contributed by atoms with van der Waals surface area (Å²) in [6.45, 7) is 4.90. The number of hydrogen-bond donors (Lipinski definition) is 0. The van der Waals surface area contributed by atoms with E-state index in [4.69, 9.17) is 9.26 Å². The van der Waals surface area contributed by atoms with E-state index in [-0.39, 0.29) is 24.0 Å². The molecule has 1 saturated carbocycles. The fourth-order valence-electron chi connectivity index (χ4n) is 4.11. The standard InChI is InChI=1S/C16H21N3O3/c1-9-14(15-17-10(2)18-22-15)19(5-6-21-9)16(20)13-8-11-3-4-12(13)7-11/h3-4,9,11-14H,5-8H2,1-2H3/t9-,11?,12?,13?,14+/m1/s1. The first-order chi connectivity index (χ1) is 10.6. The van der Waals surface area contributed by atoms with Gasteiger partial charge in [0.05, 0.1) is 12.7 Å². The highest BCUT2D eigenvalue weighted by Gasteiger charge is 2.45. The summed E-state index contributed by atoms with van der Waals surface area (Å²) in [6.07, 6.45) is 6.44. The van der Waals surface area contributed by atoms with Gasteiger partial charge in [-0.05, 0) is 38.5 Å². The third-order valence-electron chi connectivity index (χ3n) is 5.17. The minimum atomic E-state index is -0.273. The van der Waals surface area contributed by atoms with Crippen LogP contribution >= 0.6 is 0 Å². The van der Waals surface area contributed by atoms with Crippen molar-refractivity contribution in [2.75, 3.05) is 13.2 Å². The van der Waals surface area contributed by atoms with Crippen LogP contribution in [-0.2, 0) is 9.53 Å². The summed E-state index contributed by atoms with van der Waals surface area (Å²) in [5, 5.41) is 3.86. The predicted octanol–water partition coefficient (Wildman–Crippen LogP) is 1.88. The number of carbonyl (C=O) groups excluding carboxylic acids is 1. The molecule has 6 nitrogen and oxygen atoms in total. The molecule has 3 aliphatic rings. The fraction of sp³-hybridized carbons (Fsp3) is 0.688. The number of morpholine rings is 1. The van der Waals surface area contributed by atoms with Crippen LogP contribution in [0.25, 0.3) is 0 Å². The summed E-state index contributed by atoms with van der Waals surface area (Å²) in [6, 6.07) is -0.273. The molecule has 5 atom stereocenters. The van der Waals surface area contributed by atoms with E-state index in [0.717, 1.165) is 12.8 Å². The van der Waals surface area contributed by atoms with Crippen LogP contribution < -0.4 is 0 Å². The highest BCUT2D eigenvalue weighted by Crippen LogP contribution is 2.45. The van der Waals surface area contributed by atoms with E-state index in [1.807, 2.05) is 11.8 Å². The first-order valence-corrected chi connectivity index (χ1v) is 8.04. The van der Waals surface area contributed by atoms with Gasteiger partial charge in [-0.25, -0.2) is 0 Å². The normalized spacial score (nSPS) is 37.0. The number of rotatable bonds is 2. The zero-order chi connectivity index (χ0) is 15.3. The van der Waals surface area contributed by atoms with E-state index in [2.05, 4.69) is 22.3 Å². The van der Waals surface area contributed by atoms with Gasteiger partial charge >= 0.3 is 0 Å². The number of aromatic nitrogens is 2. The average Bonchev–Trinajstić information content (AvgIpc) is 3.22. The Morgan fingerprint density at radius 2 is 2.23 bits per heavy atom. The molecule has 6 heteroatoms. The average molecular weight is 303 g/mol. The van der Waals surface area contributed by atoms with Gasteiger partial charge in [0.15, 0.2) is 5.82 Å². The molecule has 2 heterocycles. The number of hydrogen-bond acceptors (Lipinski definition) is 5. The summed E-state index contributed by atoms with van der Waals surface area (Å²) in [5.74, 6) is 2.38. The van der Waals surface area contributed by atoms with Crippen molar-refractivity contribution < 1.29 is 14.1 Å². The molecular formula is C16H21N3O3. The number of allylic oxidation sites excluding steroid dienone is 2. The van der Waals surface area contributed by atoms with E-state index in [0.29, 0.717) is 36.7 Å². The van der Waals surface area contributed by atoms with Crippen molar-refractivity contribution in [3.05, 3.63) is 23.9 Å². The number of aryl methyl sites for hydroxylation is 1. The molecule has 118 valence electrons. The smallest absolute Gasteiger partial charge is 0.252 e. The molecule has 1 aliphatic heterocycles. The van der Waals surface area contributed by atoms with Gasteiger partial charge in [-0.3, -0.25) is 4.79 Å². The Labute approximate surface area is 129 Å². The van der Waals surface area contributed by atoms with Crippen LogP contribution in [0.4, 0.5) is 0 Å². The van der Waals surface area contributed by atoms with Crippen molar-refractivity contribution in [2.24, 2.45) is 17.8 Å². The van der Waals surface area contributed by atoms with Crippen LogP contribution in [0, 0.1) is 24.7 Å². The Morgan fingerprint density at radius 1 is 1.36 bits per heavy atom. The molecule has 2 bridgehead atoms. The molecule has 22 heavy (non-hydrogen) atoms. The molecule has 1 aromatic heterocycles. The minimum Gasteiger partial charge on any atom is -0.374 e. The second-order valence-electron chi connectivity index (χ2n) is 6.62. The number of fused-ring (bicyclic) bond motifs is 2. The summed E-state index contributed by atoms with van der Waals surface area (Å²) in [7, 11) is 0. The molecule has 0 N–H and O–H groups in total. The Kier molecular flexibility index (Phi) is 3.29. The van der Waals surface area contributed by atoms with Gasteiger partial charge in [0, 0.05) is 12.5 Å². The second-order valence-corrected chi connectivity index (χ2v) is 6.62. The Morgan fingerprint density at radius 3 is 2.86 bits per heavy atom. The number of nitrogens with zero attached hydrogens (tertiary/aromatic N) is 3. The topological polar surface area (TPSA) is 68.5 Å². The van der Waals surface area contributed by atoms with Crippen molar-refractivity contribution in [1.29, 1.82) is 0 Å². The Hall–Kier alpha value is -1.69. The van der Waals surface area contributed by atoms with E-state index in [1.54, 1.807) is 6.92 Å². The van der Waals surface area contributed by atoms with E-state index in [9.17, 15) is 4.79 Å². The third kappa shape index (κ3) is 2.17. The lowest BCUT2D eigenvalue weighted by atomic mass is 9.91. The lowest BCUT2D eigenvalue weighted by Gasteiger charge is -2.39. The lowest BCUT2D eigenvalue weighted by molar-refractivity contribution is -0.152. The van der Waals surface area contributed by atoms with Crippen molar-refractivity contribution >= 4 is 5.91 Å². The lowest BCUT2D eigenvalue weighted by Crippen LogP contribution is -2.50. The van der Waals surface area contributed by atoms with Crippen LogP contribution in [0.15, 0.2) is 16.7 Å². The number of amides is 1. The van der Waals surface area contributed by atoms with Gasteiger partial charge in [0.1, 0.15) is 6.04 Å². The molecule has 4 rings (SSSR count). The molecular weight excluding hydrogens is 282 g/mol. The maximum atomic E-state index is 13.1. The Bertz CT molecular complexity index is 612. The quantitative estimate of drug-likeness (QED) is 0.780. The predicted molar refractivity (Wildman–Crippen MR) is 77.7 cm³/mol. The maximum Gasteiger partial charge on any atom is 0.252 e. The van der Waals surface area contributed by atoms with Crippen molar-refractivity contribution in [3.8, 4) is 0 Å². The summed E-state index contributed by atoms with van der Waals surface area (Å²) in [5.41, 5.74) is 0. The molecule has 1 aromatic rings. The zero-order valence-corrected chi connectivity index (χ0v) is 12.9. The monoisotopic (exact) mass is 303 g/mol. The van der Waals surface area contributed by atoms with E-state index < -0.39 is 0 Å². The van der Waals surface area contributed by atoms with Crippen molar-refractivity contribution in [3.63, 3.8) is 0 Å². The first kappa shape index (κ1) is 13.9. The Balaban J connectivity index is 1.60. The van der Waals surface area contributed by atoms with Gasteiger partial charge in [-0.2, -0.15) is 4.98 Å². The van der Waals surface area contributed by atoms with E-state index in [1.165, 1.54) is 0 Å². The van der Waals surface area contributed by atoms with Gasteiger partial charge in [0.25, 0.3) is 5.89 Å². The number of ether oxygens (including phenoxy) is 1. The number of carbonyl (C=O) groups is 1. The molecule has 0 aromatic carbocycles. The summed E-state index contributed by atoms with van der Waals surface area (Å²) < 4.78 is 11.1. The summed E-state index contributed by atoms with van der Waals surface area (Å²) in [4.78, 5) is 19.3. The zero-order valence-electron chi connectivity index (χ0n) is 12.9. The summed E-state index contributed by atoms with van der Waals surface area (Å²) >= 11 is 0. The van der Waals surface area contributed by atoms with Crippen LogP contribution in [0.3, 0.4) is 0 Å². The molecule has 0 radical (unpaired) electrons. The molecule has 1 saturated heterocycles. The second kappa shape index (κ2) is 5.19. The van der Waals surface area contributed by atoms with Crippen molar-refractivity contribution in [1.82, 2.24) is 15.0 Å². The van der Waals surface area contributed by atoms with Crippen LogP contribution in [0.5, 0.6) is 0 Å². The fourth-order valence-corrected chi connectivity index (χ4v) is 4.11. The molecule has 0 spiro atoms. The first-order valence-electron chi connectivity index (χ1n) is 8.04. The largest absolute Gasteiger partial charge is 0.374 e. The van der Waals surface area contributed by atoms with E-state index >= 15 is 0 Å². The van der Waals surface area contributed by atoms with Crippen LogP contribution in [0.1, 0.15) is 37.5 Å². The highest BCUT2D eigenvalue weighted by molar-refractivity contribution is 5.80. The highest BCUT2D eigenvalue weighted by atomic mass is 16.5. The SMILES string of the molecule is Cc1noc([C@@H]2[C@@H](C)OCCN2C(=O)C2CC3C=CC2C3)n1. The molecule has 1 amide bonds. The molecule has 2 aliphatic carbocycles. The van der Waals surface area contributed by atoms with Gasteiger partial charge < -0.3 is 14.2 Å². The maximum absolute atomic E-state index is 13.1. The van der Waals surface area contributed by atoms with Crippen LogP contribution in [-0.4, -0.2) is 40.2 Å². The minimum absolute atomic E-state index is 0.104. The third-order valence-corrected chi connectivity index (χ3v) is 5.17. The molecule has 2 fully saturated rings. The van der Waals surface area contributed by atoms with Gasteiger partial charge in [-0.1, -0.05) is 17.3 Å². The van der Waals surface area contributed by atoms with Crippen LogP contribution in [0.2, 0.25) is 0 Å². The van der Waals surface area contributed by atoms with Crippen molar-refractivity contribution in [2.45, 2.75) is 38.8 Å². The van der Waals surface area contributed by atoms with Gasteiger partial charge in [-0.15, -0.1) is 0 Å². The van der Waals surface area contributed by atoms with Gasteiger partial charge in [0.2, 0.25) is 5.91 Å². The molecule has 3 unspecified atom stereocenters.